The molecule has 0 amide bonds. The quantitative estimate of drug-likeness (QED) is 0.771. The van der Waals surface area contributed by atoms with Crippen LogP contribution in [0.4, 0.5) is 0 Å². The van der Waals surface area contributed by atoms with Crippen molar-refractivity contribution in [2.45, 2.75) is 32.7 Å². The van der Waals surface area contributed by atoms with E-state index in [9.17, 15) is 8.42 Å². The Morgan fingerprint density at radius 1 is 1.60 bits per heavy atom. The number of halogens is 1. The normalized spacial score (nSPS) is 24.3. The van der Waals surface area contributed by atoms with Gasteiger partial charge >= 0.3 is 0 Å². The largest absolute Gasteiger partial charge is 0.212 e. The van der Waals surface area contributed by atoms with Crippen molar-refractivity contribution >= 4 is 21.6 Å². The number of hydrogen-bond acceptors (Lipinski definition) is 2. The van der Waals surface area contributed by atoms with E-state index in [1.54, 1.807) is 4.31 Å². The second kappa shape index (κ2) is 4.85. The van der Waals surface area contributed by atoms with Gasteiger partial charge in [0.2, 0.25) is 10.0 Å². The third-order valence-corrected chi connectivity index (χ3v) is 4.07. The van der Waals surface area contributed by atoms with Gasteiger partial charge in [0.1, 0.15) is 0 Å². The molecule has 15 heavy (non-hydrogen) atoms. The van der Waals surface area contributed by atoms with E-state index in [-0.39, 0.29) is 6.04 Å². The van der Waals surface area contributed by atoms with E-state index in [2.05, 4.69) is 13.8 Å². The Balaban J connectivity index is 2.88. The highest BCUT2D eigenvalue weighted by Gasteiger charge is 2.28. The molecule has 0 aliphatic carbocycles. The van der Waals surface area contributed by atoms with Gasteiger partial charge in [-0.2, -0.15) is 4.31 Å². The van der Waals surface area contributed by atoms with E-state index in [1.165, 1.54) is 6.26 Å². The van der Waals surface area contributed by atoms with Crippen LogP contribution in [0.3, 0.4) is 0 Å². The number of nitrogens with zero attached hydrogens (tertiary/aromatic N) is 1. The Morgan fingerprint density at radius 3 is 2.67 bits per heavy atom. The minimum atomic E-state index is -3.11. The lowest BCUT2D eigenvalue weighted by Crippen LogP contribution is -2.42. The van der Waals surface area contributed by atoms with Gasteiger partial charge < -0.3 is 0 Å². The maximum atomic E-state index is 11.5. The Hall–Kier alpha value is -0.0600. The van der Waals surface area contributed by atoms with E-state index in [1.807, 2.05) is 6.08 Å². The summed E-state index contributed by atoms with van der Waals surface area (Å²) in [5.74, 6) is 0.457. The SMILES string of the molecule is CC(C)C[C@H]1C=C(Cl)CCN1S(C)(=O)=O. The lowest BCUT2D eigenvalue weighted by Gasteiger charge is -2.32. The molecular formula is C10H18ClNO2S. The Kier molecular flexibility index (Phi) is 4.20. The van der Waals surface area contributed by atoms with E-state index in [0.717, 1.165) is 11.5 Å². The minimum absolute atomic E-state index is 0.0683. The van der Waals surface area contributed by atoms with Crippen LogP contribution in [-0.4, -0.2) is 31.6 Å². The number of hydrogen-bond donors (Lipinski definition) is 0. The maximum absolute atomic E-state index is 11.5. The van der Waals surface area contributed by atoms with Crippen LogP contribution < -0.4 is 0 Å². The van der Waals surface area contributed by atoms with Crippen LogP contribution in [0.15, 0.2) is 11.1 Å². The van der Waals surface area contributed by atoms with Gasteiger partial charge in [0.15, 0.2) is 0 Å². The minimum Gasteiger partial charge on any atom is -0.212 e. The summed E-state index contributed by atoms with van der Waals surface area (Å²) in [5, 5.41) is 0.778. The smallest absolute Gasteiger partial charge is 0.211 e. The second-order valence-corrected chi connectivity index (χ2v) is 6.85. The van der Waals surface area contributed by atoms with Gasteiger partial charge in [-0.3, -0.25) is 0 Å². The molecule has 1 aliphatic rings. The fourth-order valence-corrected chi connectivity index (χ4v) is 3.13. The molecule has 1 aliphatic heterocycles. The molecule has 0 spiro atoms. The molecule has 0 saturated heterocycles. The fourth-order valence-electron chi connectivity index (χ4n) is 1.84. The van der Waals surface area contributed by atoms with Gasteiger partial charge in [0.05, 0.1) is 6.26 Å². The molecule has 0 fully saturated rings. The molecule has 0 aromatic rings. The highest BCUT2D eigenvalue weighted by Crippen LogP contribution is 2.25. The van der Waals surface area contributed by atoms with E-state index >= 15 is 0 Å². The van der Waals surface area contributed by atoms with Crippen molar-refractivity contribution in [1.29, 1.82) is 0 Å². The average molecular weight is 252 g/mol. The molecule has 0 radical (unpaired) electrons. The first kappa shape index (κ1) is 13.0. The van der Waals surface area contributed by atoms with Gasteiger partial charge in [0.25, 0.3) is 0 Å². The zero-order valence-corrected chi connectivity index (χ0v) is 11.0. The van der Waals surface area contributed by atoms with E-state index in [4.69, 9.17) is 11.6 Å². The monoisotopic (exact) mass is 251 g/mol. The van der Waals surface area contributed by atoms with Crippen LogP contribution >= 0.6 is 11.6 Å². The summed E-state index contributed by atoms with van der Waals surface area (Å²) in [7, 11) is -3.11. The summed E-state index contributed by atoms with van der Waals surface area (Å²) in [4.78, 5) is 0. The Bertz CT molecular complexity index is 348. The molecule has 0 aromatic carbocycles. The van der Waals surface area contributed by atoms with E-state index < -0.39 is 10.0 Å². The first-order chi connectivity index (χ1) is 6.80. The zero-order valence-electron chi connectivity index (χ0n) is 9.40. The molecule has 0 N–H and O–H groups in total. The van der Waals surface area contributed by atoms with Crippen LogP contribution in [0.1, 0.15) is 26.7 Å². The van der Waals surface area contributed by atoms with Gasteiger partial charge in [-0.25, -0.2) is 8.42 Å². The molecule has 5 heteroatoms. The predicted molar refractivity (Wildman–Crippen MR) is 63.3 cm³/mol. The van der Waals surface area contributed by atoms with Crippen LogP contribution in [0.25, 0.3) is 0 Å². The first-order valence-electron chi connectivity index (χ1n) is 5.13. The van der Waals surface area contributed by atoms with Crippen LogP contribution in [-0.2, 0) is 10.0 Å². The lowest BCUT2D eigenvalue weighted by molar-refractivity contribution is 0.315. The molecule has 0 bridgehead atoms. The molecule has 1 heterocycles. The highest BCUT2D eigenvalue weighted by molar-refractivity contribution is 7.88. The van der Waals surface area contributed by atoms with Crippen molar-refractivity contribution in [3.63, 3.8) is 0 Å². The molecule has 88 valence electrons. The average Bonchev–Trinajstić information content (AvgIpc) is 1.99. The van der Waals surface area contributed by atoms with Crippen molar-refractivity contribution in [2.24, 2.45) is 5.92 Å². The predicted octanol–water partition coefficient (Wildman–Crippen LogP) is 2.19. The standard InChI is InChI=1S/C10H18ClNO2S/c1-8(2)6-10-7-9(11)4-5-12(10)15(3,13)14/h7-8,10H,4-6H2,1-3H3/t10-/m0/s1. The number of sulfonamides is 1. The zero-order chi connectivity index (χ0) is 11.6. The molecule has 0 saturated carbocycles. The lowest BCUT2D eigenvalue weighted by atomic mass is 10.0. The third-order valence-electron chi connectivity index (χ3n) is 2.45. The topological polar surface area (TPSA) is 37.4 Å². The number of rotatable bonds is 3. The van der Waals surface area contributed by atoms with Gasteiger partial charge in [-0.05, 0) is 18.8 Å². The van der Waals surface area contributed by atoms with Crippen LogP contribution in [0, 0.1) is 5.92 Å². The molecule has 0 unspecified atom stereocenters. The summed E-state index contributed by atoms with van der Waals surface area (Å²) < 4.78 is 24.6. The van der Waals surface area contributed by atoms with Crippen molar-refractivity contribution in [2.75, 3.05) is 12.8 Å². The second-order valence-electron chi connectivity index (χ2n) is 4.43. The summed E-state index contributed by atoms with van der Waals surface area (Å²) in [6, 6.07) is -0.0683. The molecule has 3 nitrogen and oxygen atoms in total. The van der Waals surface area contributed by atoms with Crippen LogP contribution in [0.2, 0.25) is 0 Å². The van der Waals surface area contributed by atoms with Crippen LogP contribution in [0.5, 0.6) is 0 Å². The summed E-state index contributed by atoms with van der Waals surface area (Å²) in [5.41, 5.74) is 0. The Morgan fingerprint density at radius 2 is 2.20 bits per heavy atom. The summed E-state index contributed by atoms with van der Waals surface area (Å²) >= 11 is 5.95. The van der Waals surface area contributed by atoms with Gasteiger partial charge in [-0.1, -0.05) is 31.5 Å². The molecule has 1 atom stereocenters. The van der Waals surface area contributed by atoms with E-state index in [0.29, 0.717) is 18.9 Å². The molecule has 0 aromatic heterocycles. The van der Waals surface area contributed by atoms with Crippen molar-refractivity contribution in [3.8, 4) is 0 Å². The third kappa shape index (κ3) is 3.78. The van der Waals surface area contributed by atoms with Crippen molar-refractivity contribution in [1.82, 2.24) is 4.31 Å². The molecule has 1 rings (SSSR count). The molecular weight excluding hydrogens is 234 g/mol. The summed E-state index contributed by atoms with van der Waals surface area (Å²) in [6.45, 7) is 4.67. The summed E-state index contributed by atoms with van der Waals surface area (Å²) in [6.07, 6.45) is 4.58. The van der Waals surface area contributed by atoms with Crippen molar-refractivity contribution < 1.29 is 8.42 Å². The fraction of sp³-hybridized carbons (Fsp3) is 0.800. The highest BCUT2D eigenvalue weighted by atomic mass is 35.5. The van der Waals surface area contributed by atoms with Crippen molar-refractivity contribution in [3.05, 3.63) is 11.1 Å². The first-order valence-corrected chi connectivity index (χ1v) is 7.36. The van der Waals surface area contributed by atoms with Gasteiger partial charge in [0, 0.05) is 17.6 Å². The van der Waals surface area contributed by atoms with Gasteiger partial charge in [-0.15, -0.1) is 0 Å². The Labute approximate surface area is 97.2 Å². The maximum Gasteiger partial charge on any atom is 0.211 e.